The summed E-state index contributed by atoms with van der Waals surface area (Å²) in [6.07, 6.45) is 7.18. The van der Waals surface area contributed by atoms with E-state index in [0.717, 1.165) is 25.5 Å². The van der Waals surface area contributed by atoms with Crippen LogP contribution in [0, 0.1) is 12.3 Å². The van der Waals surface area contributed by atoms with Crippen molar-refractivity contribution >= 4 is 29.9 Å². The lowest BCUT2D eigenvalue weighted by molar-refractivity contribution is 0.131. The first-order valence-electron chi connectivity index (χ1n) is 9.36. The molecule has 1 aliphatic carbocycles. The first-order valence-corrected chi connectivity index (χ1v) is 9.36. The molecule has 0 bridgehead atoms. The van der Waals surface area contributed by atoms with Gasteiger partial charge < -0.3 is 15.7 Å². The third kappa shape index (κ3) is 7.52. The molecule has 2 rings (SSSR count). The average molecular weight is 459 g/mol. The van der Waals surface area contributed by atoms with Gasteiger partial charge in [-0.05, 0) is 44.1 Å². The van der Waals surface area contributed by atoms with Crippen molar-refractivity contribution in [2.24, 2.45) is 10.4 Å². The first-order chi connectivity index (χ1) is 11.7. The highest BCUT2D eigenvalue weighted by Crippen LogP contribution is 2.38. The molecule has 0 aliphatic heterocycles. The van der Waals surface area contributed by atoms with E-state index in [-0.39, 0.29) is 36.0 Å². The number of nitrogens with zero attached hydrogens (tertiary/aromatic N) is 1. The van der Waals surface area contributed by atoms with Gasteiger partial charge in [0.25, 0.3) is 0 Å². The fourth-order valence-corrected chi connectivity index (χ4v) is 3.53. The minimum atomic E-state index is 0. The largest absolute Gasteiger partial charge is 0.396 e. The lowest BCUT2D eigenvalue weighted by Crippen LogP contribution is -2.44. The lowest BCUT2D eigenvalue weighted by atomic mass is 9.72. The van der Waals surface area contributed by atoms with Crippen molar-refractivity contribution in [2.45, 2.75) is 58.9 Å². The standard InChI is InChI=1S/C20H33N3O.HI/c1-3-21-19(22-15-18-9-7-17(2)8-10-18)23-16-20(13-14-24)11-5-4-6-12-20;/h7-10,24H,3-6,11-16H2,1-2H3,(H2,21,22,23);1H. The number of hydrogen-bond acceptors (Lipinski definition) is 2. The van der Waals surface area contributed by atoms with Crippen molar-refractivity contribution in [1.29, 1.82) is 0 Å². The van der Waals surface area contributed by atoms with Crippen molar-refractivity contribution in [2.75, 3.05) is 19.7 Å². The summed E-state index contributed by atoms with van der Waals surface area (Å²) in [6.45, 7) is 6.90. The van der Waals surface area contributed by atoms with Gasteiger partial charge >= 0.3 is 0 Å². The molecule has 142 valence electrons. The van der Waals surface area contributed by atoms with Crippen LogP contribution in [0.25, 0.3) is 0 Å². The van der Waals surface area contributed by atoms with E-state index in [1.807, 2.05) is 0 Å². The van der Waals surface area contributed by atoms with Gasteiger partial charge in [-0.2, -0.15) is 0 Å². The number of aliphatic hydroxyl groups is 1. The van der Waals surface area contributed by atoms with Gasteiger partial charge in [-0.15, -0.1) is 24.0 Å². The fourth-order valence-electron chi connectivity index (χ4n) is 3.53. The Morgan fingerprint density at radius 1 is 1.12 bits per heavy atom. The molecular weight excluding hydrogens is 425 g/mol. The van der Waals surface area contributed by atoms with Gasteiger partial charge in [-0.1, -0.05) is 49.1 Å². The highest BCUT2D eigenvalue weighted by Gasteiger charge is 2.31. The van der Waals surface area contributed by atoms with E-state index in [1.165, 1.54) is 43.2 Å². The number of aliphatic hydroxyl groups excluding tert-OH is 1. The number of rotatable bonds is 7. The zero-order valence-electron chi connectivity index (χ0n) is 15.7. The number of halogens is 1. The van der Waals surface area contributed by atoms with Crippen molar-refractivity contribution in [3.8, 4) is 0 Å². The summed E-state index contributed by atoms with van der Waals surface area (Å²) in [5.41, 5.74) is 2.73. The molecule has 1 aromatic rings. The molecule has 1 aliphatic rings. The molecule has 5 heteroatoms. The topological polar surface area (TPSA) is 56.7 Å². The lowest BCUT2D eigenvalue weighted by Gasteiger charge is -2.37. The Labute approximate surface area is 169 Å². The molecule has 0 aromatic heterocycles. The van der Waals surface area contributed by atoms with E-state index in [9.17, 15) is 5.11 Å². The SMILES string of the molecule is CCNC(=NCc1ccc(C)cc1)NCC1(CCO)CCCCC1.I. The second kappa shape index (κ2) is 11.7. The van der Waals surface area contributed by atoms with Crippen LogP contribution in [0.5, 0.6) is 0 Å². The molecule has 3 N–H and O–H groups in total. The second-order valence-corrected chi connectivity index (χ2v) is 7.07. The van der Waals surface area contributed by atoms with Gasteiger partial charge in [0.1, 0.15) is 0 Å². The summed E-state index contributed by atoms with van der Waals surface area (Å²) in [6, 6.07) is 8.53. The maximum absolute atomic E-state index is 9.45. The maximum Gasteiger partial charge on any atom is 0.191 e. The molecular formula is C20H34IN3O. The van der Waals surface area contributed by atoms with Gasteiger partial charge in [0.15, 0.2) is 5.96 Å². The van der Waals surface area contributed by atoms with Gasteiger partial charge in [0, 0.05) is 19.7 Å². The Balaban J connectivity index is 0.00000312. The zero-order chi connectivity index (χ0) is 17.3. The van der Waals surface area contributed by atoms with E-state index in [4.69, 9.17) is 4.99 Å². The summed E-state index contributed by atoms with van der Waals surface area (Å²) in [5, 5.41) is 16.3. The summed E-state index contributed by atoms with van der Waals surface area (Å²) >= 11 is 0. The molecule has 0 radical (unpaired) electrons. The van der Waals surface area contributed by atoms with Gasteiger partial charge in [0.05, 0.1) is 6.54 Å². The van der Waals surface area contributed by atoms with Crippen LogP contribution in [-0.4, -0.2) is 30.8 Å². The van der Waals surface area contributed by atoms with E-state index in [0.29, 0.717) is 6.54 Å². The van der Waals surface area contributed by atoms with Crippen molar-refractivity contribution in [3.05, 3.63) is 35.4 Å². The summed E-state index contributed by atoms with van der Waals surface area (Å²) in [5.74, 6) is 0.876. The molecule has 0 spiro atoms. The first kappa shape index (κ1) is 22.2. The van der Waals surface area contributed by atoms with Crippen LogP contribution < -0.4 is 10.6 Å². The van der Waals surface area contributed by atoms with E-state index in [1.54, 1.807) is 0 Å². The van der Waals surface area contributed by atoms with Crippen LogP contribution >= 0.6 is 24.0 Å². The van der Waals surface area contributed by atoms with Crippen LogP contribution in [0.15, 0.2) is 29.3 Å². The monoisotopic (exact) mass is 459 g/mol. The van der Waals surface area contributed by atoms with Gasteiger partial charge in [-0.25, -0.2) is 4.99 Å². The molecule has 1 fully saturated rings. The summed E-state index contributed by atoms with van der Waals surface area (Å²) < 4.78 is 0. The van der Waals surface area contributed by atoms with Gasteiger partial charge in [-0.3, -0.25) is 0 Å². The Morgan fingerprint density at radius 3 is 2.40 bits per heavy atom. The number of aryl methyl sites for hydroxylation is 1. The Kier molecular flexibility index (Phi) is 10.4. The summed E-state index contributed by atoms with van der Waals surface area (Å²) in [4.78, 5) is 4.72. The predicted octanol–water partition coefficient (Wildman–Crippen LogP) is 4.00. The molecule has 1 aromatic carbocycles. The Bertz CT molecular complexity index is 505. The highest BCUT2D eigenvalue weighted by atomic mass is 127. The van der Waals surface area contributed by atoms with E-state index >= 15 is 0 Å². The molecule has 0 heterocycles. The number of aliphatic imine (C=N–C) groups is 1. The molecule has 1 saturated carbocycles. The van der Waals surface area contributed by atoms with Gasteiger partial charge in [0.2, 0.25) is 0 Å². The minimum absolute atomic E-state index is 0. The smallest absolute Gasteiger partial charge is 0.191 e. The molecule has 0 unspecified atom stereocenters. The number of benzene rings is 1. The summed E-state index contributed by atoms with van der Waals surface area (Å²) in [7, 11) is 0. The van der Waals surface area contributed by atoms with E-state index in [2.05, 4.69) is 48.7 Å². The average Bonchev–Trinajstić information content (AvgIpc) is 2.60. The Morgan fingerprint density at radius 2 is 1.80 bits per heavy atom. The van der Waals surface area contributed by atoms with E-state index < -0.39 is 0 Å². The van der Waals surface area contributed by atoms with Crippen LogP contribution in [0.1, 0.15) is 56.6 Å². The maximum atomic E-state index is 9.45. The predicted molar refractivity (Wildman–Crippen MR) is 117 cm³/mol. The quantitative estimate of drug-likeness (QED) is 0.328. The molecule has 0 atom stereocenters. The second-order valence-electron chi connectivity index (χ2n) is 7.07. The normalized spacial score (nSPS) is 16.8. The van der Waals surface area contributed by atoms with Crippen LogP contribution in [0.4, 0.5) is 0 Å². The highest BCUT2D eigenvalue weighted by molar-refractivity contribution is 14.0. The third-order valence-corrected chi connectivity index (χ3v) is 5.07. The van der Waals surface area contributed by atoms with Crippen molar-refractivity contribution in [3.63, 3.8) is 0 Å². The Hall–Kier alpha value is -0.820. The van der Waals surface area contributed by atoms with Crippen molar-refractivity contribution < 1.29 is 5.11 Å². The fraction of sp³-hybridized carbons (Fsp3) is 0.650. The number of guanidine groups is 1. The van der Waals surface area contributed by atoms with Crippen LogP contribution in [-0.2, 0) is 6.54 Å². The molecule has 4 nitrogen and oxygen atoms in total. The van der Waals surface area contributed by atoms with Crippen LogP contribution in [0.3, 0.4) is 0 Å². The minimum Gasteiger partial charge on any atom is -0.396 e. The number of hydrogen-bond donors (Lipinski definition) is 3. The molecule has 0 amide bonds. The number of nitrogens with one attached hydrogen (secondary N) is 2. The van der Waals surface area contributed by atoms with Crippen molar-refractivity contribution in [1.82, 2.24) is 10.6 Å². The molecule has 25 heavy (non-hydrogen) atoms. The molecule has 0 saturated heterocycles. The third-order valence-electron chi connectivity index (χ3n) is 5.07. The zero-order valence-corrected chi connectivity index (χ0v) is 18.0. The van der Waals surface area contributed by atoms with Crippen LogP contribution in [0.2, 0.25) is 0 Å².